The predicted octanol–water partition coefficient (Wildman–Crippen LogP) is 1.99. The minimum Gasteiger partial charge on any atom is -0.414 e. The molecule has 0 aliphatic carbocycles. The molecule has 0 spiro atoms. The molecule has 0 fully saturated rings. The Morgan fingerprint density at radius 2 is 1.81 bits per heavy atom. The fourth-order valence-electron chi connectivity index (χ4n) is 1.34. The van der Waals surface area contributed by atoms with Crippen LogP contribution in [0.25, 0.3) is 0 Å². The summed E-state index contributed by atoms with van der Waals surface area (Å²) in [5.74, 6) is 0.0854. The van der Waals surface area contributed by atoms with Crippen molar-refractivity contribution >= 4 is 9.84 Å². The maximum atomic E-state index is 11.2. The number of hydrogen-bond donors (Lipinski definition) is 0. The second-order valence-corrected chi connectivity index (χ2v) is 5.96. The maximum absolute atomic E-state index is 11.2. The van der Waals surface area contributed by atoms with Gasteiger partial charge < -0.3 is 4.84 Å². The van der Waals surface area contributed by atoms with Gasteiger partial charge in [-0.25, -0.2) is 8.42 Å². The van der Waals surface area contributed by atoms with E-state index in [9.17, 15) is 8.42 Å². The van der Waals surface area contributed by atoms with Crippen LogP contribution in [-0.2, 0) is 14.7 Å². The van der Waals surface area contributed by atoms with Crippen LogP contribution >= 0.6 is 0 Å². The van der Waals surface area contributed by atoms with Crippen LogP contribution in [0, 0.1) is 0 Å². The lowest BCUT2D eigenvalue weighted by Crippen LogP contribution is -2.21. The molecule has 16 heavy (non-hydrogen) atoms. The Kier molecular flexibility index (Phi) is 7.42. The molecule has 0 atom stereocenters. The SMILES string of the molecule is CCC/C(=C\ON(CC)CC)CS(C)(=O)=O. The Balaban J connectivity index is 4.45. The monoisotopic (exact) mass is 249 g/mol. The van der Waals surface area contributed by atoms with E-state index in [1.807, 2.05) is 20.8 Å². The van der Waals surface area contributed by atoms with Crippen molar-refractivity contribution in [3.8, 4) is 0 Å². The lowest BCUT2D eigenvalue weighted by Gasteiger charge is -2.17. The summed E-state index contributed by atoms with van der Waals surface area (Å²) in [6.45, 7) is 7.57. The molecule has 0 radical (unpaired) electrons. The summed E-state index contributed by atoms with van der Waals surface area (Å²) in [4.78, 5) is 5.41. The Bertz CT molecular complexity index is 305. The molecule has 0 aromatic rings. The Labute approximate surface area is 99.2 Å². The third kappa shape index (κ3) is 7.70. The smallest absolute Gasteiger partial charge is 0.151 e. The van der Waals surface area contributed by atoms with Crippen LogP contribution in [0.2, 0.25) is 0 Å². The standard InChI is InChI=1S/C11H23NO3S/c1-5-8-11(10-16(4,13)14)9-15-12(6-2)7-3/h9H,5-8,10H2,1-4H3/b11-9+. The lowest BCUT2D eigenvalue weighted by molar-refractivity contribution is -0.0956. The molecule has 0 rings (SSSR count). The molecule has 0 N–H and O–H groups in total. The van der Waals surface area contributed by atoms with E-state index < -0.39 is 9.84 Å². The summed E-state index contributed by atoms with van der Waals surface area (Å²) in [5.41, 5.74) is 0.830. The number of nitrogens with zero attached hydrogens (tertiary/aromatic N) is 1. The Morgan fingerprint density at radius 1 is 1.25 bits per heavy atom. The van der Waals surface area contributed by atoms with Crippen LogP contribution in [0.1, 0.15) is 33.6 Å². The highest BCUT2D eigenvalue weighted by atomic mass is 32.2. The highest BCUT2D eigenvalue weighted by Gasteiger charge is 2.08. The van der Waals surface area contributed by atoms with E-state index >= 15 is 0 Å². The molecule has 96 valence electrons. The highest BCUT2D eigenvalue weighted by Crippen LogP contribution is 2.08. The summed E-state index contributed by atoms with van der Waals surface area (Å²) in [5, 5.41) is 1.78. The van der Waals surface area contributed by atoms with E-state index in [1.165, 1.54) is 6.26 Å². The molecule has 0 aliphatic heterocycles. The zero-order chi connectivity index (χ0) is 12.6. The first-order valence-corrected chi connectivity index (χ1v) is 7.76. The first kappa shape index (κ1) is 15.4. The molecule has 0 bridgehead atoms. The van der Waals surface area contributed by atoms with Gasteiger partial charge >= 0.3 is 0 Å². The topological polar surface area (TPSA) is 46.6 Å². The Morgan fingerprint density at radius 3 is 2.19 bits per heavy atom. The molecule has 0 heterocycles. The van der Waals surface area contributed by atoms with Gasteiger partial charge in [0.1, 0.15) is 6.26 Å². The van der Waals surface area contributed by atoms with E-state index in [-0.39, 0.29) is 5.75 Å². The van der Waals surface area contributed by atoms with Crippen molar-refractivity contribution in [2.75, 3.05) is 25.1 Å². The number of rotatable bonds is 8. The molecule has 5 heteroatoms. The van der Waals surface area contributed by atoms with Gasteiger partial charge in [-0.3, -0.25) is 0 Å². The second-order valence-electron chi connectivity index (χ2n) is 3.82. The quantitative estimate of drug-likeness (QED) is 0.487. The van der Waals surface area contributed by atoms with E-state index in [2.05, 4.69) is 0 Å². The number of hydrogen-bond acceptors (Lipinski definition) is 4. The molecule has 0 aromatic carbocycles. The van der Waals surface area contributed by atoms with Crippen molar-refractivity contribution in [3.05, 3.63) is 11.8 Å². The largest absolute Gasteiger partial charge is 0.414 e. The Hall–Kier alpha value is -0.550. The summed E-state index contributed by atoms with van der Waals surface area (Å²) in [7, 11) is -2.97. The van der Waals surface area contributed by atoms with Crippen LogP contribution in [0.4, 0.5) is 0 Å². The second kappa shape index (κ2) is 7.68. The van der Waals surface area contributed by atoms with Crippen molar-refractivity contribution in [3.63, 3.8) is 0 Å². The minimum atomic E-state index is -2.97. The van der Waals surface area contributed by atoms with Crippen LogP contribution < -0.4 is 0 Å². The summed E-state index contributed by atoms with van der Waals surface area (Å²) in [6, 6.07) is 0. The van der Waals surface area contributed by atoms with Crippen molar-refractivity contribution < 1.29 is 13.3 Å². The molecule has 0 aromatic heterocycles. The fourth-order valence-corrected chi connectivity index (χ4v) is 2.23. The molecule has 0 saturated carbocycles. The van der Waals surface area contributed by atoms with E-state index in [0.29, 0.717) is 0 Å². The van der Waals surface area contributed by atoms with Crippen molar-refractivity contribution in [1.29, 1.82) is 0 Å². The zero-order valence-electron chi connectivity index (χ0n) is 10.7. The van der Waals surface area contributed by atoms with E-state index in [1.54, 1.807) is 11.3 Å². The number of hydroxylamine groups is 2. The van der Waals surface area contributed by atoms with Gasteiger partial charge in [-0.15, -0.1) is 5.06 Å². The lowest BCUT2D eigenvalue weighted by atomic mass is 10.2. The van der Waals surface area contributed by atoms with Gasteiger partial charge in [0, 0.05) is 19.3 Å². The molecular weight excluding hydrogens is 226 g/mol. The zero-order valence-corrected chi connectivity index (χ0v) is 11.5. The van der Waals surface area contributed by atoms with Gasteiger partial charge in [0.05, 0.1) is 5.75 Å². The van der Waals surface area contributed by atoms with Crippen LogP contribution in [0.3, 0.4) is 0 Å². The minimum absolute atomic E-state index is 0.0854. The summed E-state index contributed by atoms with van der Waals surface area (Å²) in [6.07, 6.45) is 4.50. The fraction of sp³-hybridized carbons (Fsp3) is 0.818. The first-order chi connectivity index (χ1) is 7.42. The normalized spacial score (nSPS) is 13.2. The van der Waals surface area contributed by atoms with Gasteiger partial charge in [0.2, 0.25) is 0 Å². The maximum Gasteiger partial charge on any atom is 0.151 e. The van der Waals surface area contributed by atoms with E-state index in [0.717, 1.165) is 31.5 Å². The molecule has 4 nitrogen and oxygen atoms in total. The van der Waals surface area contributed by atoms with Gasteiger partial charge in [-0.2, -0.15) is 0 Å². The third-order valence-corrected chi connectivity index (χ3v) is 2.99. The average Bonchev–Trinajstić information content (AvgIpc) is 2.17. The van der Waals surface area contributed by atoms with Crippen molar-refractivity contribution in [2.24, 2.45) is 0 Å². The predicted molar refractivity (Wildman–Crippen MR) is 66.7 cm³/mol. The van der Waals surface area contributed by atoms with Crippen molar-refractivity contribution in [1.82, 2.24) is 5.06 Å². The molecule has 0 unspecified atom stereocenters. The van der Waals surface area contributed by atoms with Crippen LogP contribution in [-0.4, -0.2) is 38.6 Å². The molecular formula is C11H23NO3S. The highest BCUT2D eigenvalue weighted by molar-refractivity contribution is 7.90. The molecule has 0 aliphatic rings. The van der Waals surface area contributed by atoms with Gasteiger partial charge in [-0.05, 0) is 25.8 Å². The van der Waals surface area contributed by atoms with E-state index in [4.69, 9.17) is 4.84 Å². The van der Waals surface area contributed by atoms with Crippen LogP contribution in [0.15, 0.2) is 11.8 Å². The van der Waals surface area contributed by atoms with Crippen molar-refractivity contribution in [2.45, 2.75) is 33.6 Å². The first-order valence-electron chi connectivity index (χ1n) is 5.70. The summed E-state index contributed by atoms with van der Waals surface area (Å²) < 4.78 is 22.4. The molecule has 0 amide bonds. The van der Waals surface area contributed by atoms with Gasteiger partial charge in [0.15, 0.2) is 9.84 Å². The summed E-state index contributed by atoms with van der Waals surface area (Å²) >= 11 is 0. The third-order valence-electron chi connectivity index (χ3n) is 2.09. The number of sulfone groups is 1. The molecule has 0 saturated heterocycles. The average molecular weight is 249 g/mol. The van der Waals surface area contributed by atoms with Crippen LogP contribution in [0.5, 0.6) is 0 Å². The van der Waals surface area contributed by atoms with Gasteiger partial charge in [0.25, 0.3) is 0 Å². The van der Waals surface area contributed by atoms with Gasteiger partial charge in [-0.1, -0.05) is 13.3 Å².